The number of hydrogen-bond acceptors (Lipinski definition) is 4. The molecular weight excluding hydrogens is 240 g/mol. The number of rotatable bonds is 8. The fourth-order valence-electron chi connectivity index (χ4n) is 3.40. The van der Waals surface area contributed by atoms with Crippen molar-refractivity contribution in [2.45, 2.75) is 50.6 Å². The van der Waals surface area contributed by atoms with Crippen LogP contribution in [-0.4, -0.2) is 63.5 Å². The van der Waals surface area contributed by atoms with E-state index < -0.39 is 0 Å². The number of nitrogens with zero attached hydrogens (tertiary/aromatic N) is 1. The van der Waals surface area contributed by atoms with Gasteiger partial charge in [-0.05, 0) is 45.2 Å². The van der Waals surface area contributed by atoms with E-state index in [4.69, 9.17) is 9.47 Å². The van der Waals surface area contributed by atoms with Crippen molar-refractivity contribution in [3.05, 3.63) is 0 Å². The van der Waals surface area contributed by atoms with Gasteiger partial charge in [0.25, 0.3) is 0 Å². The maximum atomic E-state index is 5.56. The molecule has 2 aliphatic rings. The zero-order chi connectivity index (χ0) is 13.3. The van der Waals surface area contributed by atoms with Crippen LogP contribution >= 0.6 is 0 Å². The van der Waals surface area contributed by atoms with Gasteiger partial charge < -0.3 is 14.8 Å². The second-order valence-electron chi connectivity index (χ2n) is 5.76. The summed E-state index contributed by atoms with van der Waals surface area (Å²) in [6, 6.07) is 1.52. The molecule has 0 aromatic heterocycles. The molecule has 19 heavy (non-hydrogen) atoms. The van der Waals surface area contributed by atoms with Crippen LogP contribution in [0.15, 0.2) is 0 Å². The van der Waals surface area contributed by atoms with Crippen molar-refractivity contribution >= 4 is 0 Å². The van der Waals surface area contributed by atoms with Gasteiger partial charge in [0, 0.05) is 32.3 Å². The predicted molar refractivity (Wildman–Crippen MR) is 77.5 cm³/mol. The van der Waals surface area contributed by atoms with Crippen LogP contribution in [-0.2, 0) is 9.47 Å². The van der Waals surface area contributed by atoms with E-state index in [-0.39, 0.29) is 0 Å². The van der Waals surface area contributed by atoms with Crippen LogP contribution in [0.3, 0.4) is 0 Å². The molecule has 2 heterocycles. The summed E-state index contributed by atoms with van der Waals surface area (Å²) in [6.45, 7) is 5.99. The minimum atomic E-state index is 0.707. The molecule has 0 aromatic carbocycles. The first-order valence-electron chi connectivity index (χ1n) is 7.96. The average Bonchev–Trinajstić information content (AvgIpc) is 2.97. The SMILES string of the molecule is COCCOCCCN1CCCCC1C1CCCN1. The highest BCUT2D eigenvalue weighted by Gasteiger charge is 2.30. The van der Waals surface area contributed by atoms with Crippen LogP contribution in [0.2, 0.25) is 0 Å². The summed E-state index contributed by atoms with van der Waals surface area (Å²) in [4.78, 5) is 2.70. The first-order valence-corrected chi connectivity index (χ1v) is 7.96. The standard InChI is InChI=1S/C15H30N2O2/c1-18-12-13-19-11-5-10-17-9-3-2-7-15(17)14-6-4-8-16-14/h14-16H,2-13H2,1H3. The van der Waals surface area contributed by atoms with Gasteiger partial charge in [-0.3, -0.25) is 4.90 Å². The third kappa shape index (κ3) is 5.03. The number of methoxy groups -OCH3 is 1. The van der Waals surface area contributed by atoms with E-state index in [0.717, 1.165) is 31.7 Å². The molecule has 4 nitrogen and oxygen atoms in total. The van der Waals surface area contributed by atoms with Crippen LogP contribution in [0.25, 0.3) is 0 Å². The molecule has 2 rings (SSSR count). The zero-order valence-electron chi connectivity index (χ0n) is 12.4. The van der Waals surface area contributed by atoms with E-state index in [1.165, 1.54) is 51.7 Å². The molecular formula is C15H30N2O2. The van der Waals surface area contributed by atoms with E-state index >= 15 is 0 Å². The van der Waals surface area contributed by atoms with Gasteiger partial charge in [0.2, 0.25) is 0 Å². The van der Waals surface area contributed by atoms with Crippen LogP contribution in [0.1, 0.15) is 38.5 Å². The summed E-state index contributed by atoms with van der Waals surface area (Å²) in [5.74, 6) is 0. The van der Waals surface area contributed by atoms with Crippen LogP contribution < -0.4 is 5.32 Å². The molecule has 0 aliphatic carbocycles. The first kappa shape index (κ1) is 15.2. The topological polar surface area (TPSA) is 33.7 Å². The molecule has 2 unspecified atom stereocenters. The van der Waals surface area contributed by atoms with Gasteiger partial charge in [0.05, 0.1) is 13.2 Å². The Morgan fingerprint density at radius 2 is 2.05 bits per heavy atom. The lowest BCUT2D eigenvalue weighted by Crippen LogP contribution is -2.50. The summed E-state index contributed by atoms with van der Waals surface area (Å²) in [5.41, 5.74) is 0. The highest BCUT2D eigenvalue weighted by atomic mass is 16.5. The van der Waals surface area contributed by atoms with Gasteiger partial charge in [-0.2, -0.15) is 0 Å². The zero-order valence-corrected chi connectivity index (χ0v) is 12.4. The van der Waals surface area contributed by atoms with Crippen molar-refractivity contribution in [2.75, 3.05) is 46.6 Å². The highest BCUT2D eigenvalue weighted by Crippen LogP contribution is 2.24. The van der Waals surface area contributed by atoms with E-state index in [1.807, 2.05) is 0 Å². The van der Waals surface area contributed by atoms with Gasteiger partial charge in [-0.1, -0.05) is 6.42 Å². The first-order chi connectivity index (χ1) is 9.42. The van der Waals surface area contributed by atoms with Crippen LogP contribution in [0, 0.1) is 0 Å². The van der Waals surface area contributed by atoms with Crippen molar-refractivity contribution in [3.63, 3.8) is 0 Å². The monoisotopic (exact) mass is 270 g/mol. The molecule has 112 valence electrons. The van der Waals surface area contributed by atoms with Crippen molar-refractivity contribution in [1.29, 1.82) is 0 Å². The molecule has 1 N–H and O–H groups in total. The van der Waals surface area contributed by atoms with Crippen molar-refractivity contribution in [1.82, 2.24) is 10.2 Å². The maximum absolute atomic E-state index is 5.56. The smallest absolute Gasteiger partial charge is 0.0700 e. The summed E-state index contributed by atoms with van der Waals surface area (Å²) < 4.78 is 10.5. The van der Waals surface area contributed by atoms with Gasteiger partial charge in [0.1, 0.15) is 0 Å². The summed E-state index contributed by atoms with van der Waals surface area (Å²) in [5, 5.41) is 3.69. The Hall–Kier alpha value is -0.160. The van der Waals surface area contributed by atoms with Gasteiger partial charge in [-0.25, -0.2) is 0 Å². The second kappa shape index (κ2) is 8.90. The third-order valence-electron chi connectivity index (χ3n) is 4.39. The number of ether oxygens (including phenoxy) is 2. The molecule has 2 fully saturated rings. The number of hydrogen-bond donors (Lipinski definition) is 1. The van der Waals surface area contributed by atoms with E-state index in [1.54, 1.807) is 7.11 Å². The normalized spacial score (nSPS) is 28.9. The quantitative estimate of drug-likeness (QED) is 0.680. The fraction of sp³-hybridized carbons (Fsp3) is 1.00. The molecule has 0 saturated carbocycles. The van der Waals surface area contributed by atoms with Crippen LogP contribution in [0.4, 0.5) is 0 Å². The molecule has 0 bridgehead atoms. The minimum absolute atomic E-state index is 0.707. The summed E-state index contributed by atoms with van der Waals surface area (Å²) in [7, 11) is 1.72. The Balaban J connectivity index is 1.64. The number of likely N-dealkylation sites (tertiary alicyclic amines) is 1. The fourth-order valence-corrected chi connectivity index (χ4v) is 3.40. The largest absolute Gasteiger partial charge is 0.382 e. The van der Waals surface area contributed by atoms with Gasteiger partial charge >= 0.3 is 0 Å². The van der Waals surface area contributed by atoms with Gasteiger partial charge in [-0.15, -0.1) is 0 Å². The lowest BCUT2D eigenvalue weighted by atomic mass is 9.94. The molecule has 0 spiro atoms. The lowest BCUT2D eigenvalue weighted by molar-refractivity contribution is 0.0563. The average molecular weight is 270 g/mol. The minimum Gasteiger partial charge on any atom is -0.382 e. The highest BCUT2D eigenvalue weighted by molar-refractivity contribution is 4.90. The molecule has 2 aliphatic heterocycles. The Bertz CT molecular complexity index is 232. The molecule has 4 heteroatoms. The summed E-state index contributed by atoms with van der Waals surface area (Å²) in [6.07, 6.45) is 8.02. The van der Waals surface area contributed by atoms with Crippen LogP contribution in [0.5, 0.6) is 0 Å². The van der Waals surface area contributed by atoms with Crippen molar-refractivity contribution < 1.29 is 9.47 Å². The molecule has 0 amide bonds. The lowest BCUT2D eigenvalue weighted by Gasteiger charge is -2.39. The third-order valence-corrected chi connectivity index (χ3v) is 4.39. The van der Waals surface area contributed by atoms with Crippen molar-refractivity contribution in [2.24, 2.45) is 0 Å². The molecule has 2 atom stereocenters. The Morgan fingerprint density at radius 3 is 2.84 bits per heavy atom. The van der Waals surface area contributed by atoms with E-state index in [0.29, 0.717) is 6.61 Å². The molecule has 2 saturated heterocycles. The predicted octanol–water partition coefficient (Wildman–Crippen LogP) is 1.65. The Labute approximate surface area is 117 Å². The van der Waals surface area contributed by atoms with Crippen molar-refractivity contribution in [3.8, 4) is 0 Å². The Morgan fingerprint density at radius 1 is 1.11 bits per heavy atom. The Kier molecular flexibility index (Phi) is 7.14. The maximum Gasteiger partial charge on any atom is 0.0700 e. The number of nitrogens with one attached hydrogen (secondary N) is 1. The second-order valence-corrected chi connectivity index (χ2v) is 5.76. The van der Waals surface area contributed by atoms with E-state index in [9.17, 15) is 0 Å². The van der Waals surface area contributed by atoms with E-state index in [2.05, 4.69) is 10.2 Å². The molecule has 0 aromatic rings. The summed E-state index contributed by atoms with van der Waals surface area (Å²) >= 11 is 0. The molecule has 0 radical (unpaired) electrons. The van der Waals surface area contributed by atoms with Gasteiger partial charge in [0.15, 0.2) is 0 Å². The number of piperidine rings is 1.